The maximum absolute atomic E-state index is 11.0. The molecule has 0 saturated heterocycles. The van der Waals surface area contributed by atoms with Crippen LogP contribution in [0.3, 0.4) is 0 Å². The lowest BCUT2D eigenvalue weighted by Crippen LogP contribution is -1.98. The summed E-state index contributed by atoms with van der Waals surface area (Å²) in [7, 11) is 0. The number of nitro groups is 2. The molecule has 0 aromatic heterocycles. The van der Waals surface area contributed by atoms with Gasteiger partial charge >= 0.3 is 0 Å². The predicted molar refractivity (Wildman–Crippen MR) is 64.5 cm³/mol. The number of nitro benzene ring substituents is 1. The fraction of sp³-hybridized carbons (Fsp3) is 0.273. The van der Waals surface area contributed by atoms with Gasteiger partial charge in [-0.15, -0.1) is 0 Å². The minimum absolute atomic E-state index is 0.0183. The Morgan fingerprint density at radius 2 is 1.95 bits per heavy atom. The quantitative estimate of drug-likeness (QED) is 0.611. The van der Waals surface area contributed by atoms with Crippen LogP contribution in [0.5, 0.6) is 11.5 Å². The maximum Gasteiger partial charge on any atom is 0.280 e. The average Bonchev–Trinajstić information content (AvgIpc) is 2.81. The molecule has 0 amide bonds. The van der Waals surface area contributed by atoms with Gasteiger partial charge in [0.1, 0.15) is 0 Å². The van der Waals surface area contributed by atoms with Gasteiger partial charge in [0.2, 0.25) is 12.5 Å². The van der Waals surface area contributed by atoms with Gasteiger partial charge in [0.25, 0.3) is 5.69 Å². The van der Waals surface area contributed by atoms with Gasteiger partial charge in [-0.2, -0.15) is 0 Å². The molecule has 1 aliphatic rings. The normalized spacial score (nSPS) is 13.4. The molecule has 0 saturated carbocycles. The zero-order valence-corrected chi connectivity index (χ0v) is 9.99. The summed E-state index contributed by atoms with van der Waals surface area (Å²) in [6, 6.07) is 2.58. The molecule has 0 aliphatic carbocycles. The second kappa shape index (κ2) is 4.92. The summed E-state index contributed by atoms with van der Waals surface area (Å²) in [5.41, 5.74) is -0.234. The third-order valence-corrected chi connectivity index (χ3v) is 2.64. The summed E-state index contributed by atoms with van der Waals surface area (Å²) in [5.74, 6) is 0.610. The van der Waals surface area contributed by atoms with E-state index in [1.807, 2.05) is 0 Å². The van der Waals surface area contributed by atoms with Crippen LogP contribution in [0.4, 0.5) is 5.69 Å². The van der Waals surface area contributed by atoms with Crippen molar-refractivity contribution in [3.05, 3.63) is 43.6 Å². The molecular formula is C11H10N2O6. The minimum Gasteiger partial charge on any atom is -0.454 e. The van der Waals surface area contributed by atoms with Gasteiger partial charge in [-0.05, 0) is 6.07 Å². The van der Waals surface area contributed by atoms with Crippen molar-refractivity contribution in [2.75, 3.05) is 6.79 Å². The van der Waals surface area contributed by atoms with E-state index < -0.39 is 9.85 Å². The van der Waals surface area contributed by atoms with E-state index in [1.54, 1.807) is 6.92 Å². The lowest BCUT2D eigenvalue weighted by molar-refractivity contribution is -0.425. The van der Waals surface area contributed by atoms with E-state index in [9.17, 15) is 20.2 Å². The second-order valence-corrected chi connectivity index (χ2v) is 3.77. The smallest absolute Gasteiger partial charge is 0.280 e. The van der Waals surface area contributed by atoms with E-state index in [0.29, 0.717) is 5.75 Å². The van der Waals surface area contributed by atoms with E-state index in [1.165, 1.54) is 18.2 Å². The third-order valence-electron chi connectivity index (χ3n) is 2.64. The van der Waals surface area contributed by atoms with Crippen LogP contribution in [0.25, 0.3) is 6.08 Å². The standard InChI is InChI=1S/C11H10N2O6/c1-2-8(12(14)15)3-7-4-10-11(19-6-18-10)5-9(7)13(16)17/h3-5H,2,6H2,1H3. The van der Waals surface area contributed by atoms with Crippen LogP contribution in [0.2, 0.25) is 0 Å². The van der Waals surface area contributed by atoms with Crippen LogP contribution < -0.4 is 9.47 Å². The van der Waals surface area contributed by atoms with E-state index in [-0.39, 0.29) is 35.9 Å². The molecule has 1 aliphatic heterocycles. The molecule has 0 radical (unpaired) electrons. The molecule has 100 valence electrons. The summed E-state index contributed by atoms with van der Waals surface area (Å²) in [6.07, 6.45) is 1.35. The fourth-order valence-electron chi connectivity index (χ4n) is 1.68. The lowest BCUT2D eigenvalue weighted by atomic mass is 10.1. The van der Waals surface area contributed by atoms with Crippen molar-refractivity contribution in [2.45, 2.75) is 13.3 Å². The molecule has 2 rings (SSSR count). The summed E-state index contributed by atoms with van der Waals surface area (Å²) in [4.78, 5) is 20.6. The summed E-state index contributed by atoms with van der Waals surface area (Å²) >= 11 is 0. The van der Waals surface area contributed by atoms with Crippen LogP contribution in [0.15, 0.2) is 17.8 Å². The van der Waals surface area contributed by atoms with E-state index >= 15 is 0 Å². The highest BCUT2D eigenvalue weighted by Gasteiger charge is 2.23. The molecule has 0 N–H and O–H groups in total. The van der Waals surface area contributed by atoms with Crippen molar-refractivity contribution in [1.82, 2.24) is 0 Å². The van der Waals surface area contributed by atoms with Crippen molar-refractivity contribution >= 4 is 11.8 Å². The van der Waals surface area contributed by atoms with E-state index in [0.717, 1.165) is 0 Å². The first-order chi connectivity index (χ1) is 9.02. The number of allylic oxidation sites excluding steroid dienone is 1. The number of hydrogen-bond donors (Lipinski definition) is 0. The van der Waals surface area contributed by atoms with Crippen molar-refractivity contribution in [3.8, 4) is 11.5 Å². The summed E-state index contributed by atoms with van der Waals surface area (Å²) in [6.45, 7) is 1.59. The van der Waals surface area contributed by atoms with Crippen LogP contribution in [0, 0.1) is 20.2 Å². The second-order valence-electron chi connectivity index (χ2n) is 3.77. The Kier molecular flexibility index (Phi) is 3.32. The van der Waals surface area contributed by atoms with Crippen molar-refractivity contribution in [1.29, 1.82) is 0 Å². The molecular weight excluding hydrogens is 256 g/mol. The average molecular weight is 266 g/mol. The monoisotopic (exact) mass is 266 g/mol. The van der Waals surface area contributed by atoms with Gasteiger partial charge in [-0.3, -0.25) is 20.2 Å². The third kappa shape index (κ3) is 2.46. The van der Waals surface area contributed by atoms with Gasteiger partial charge in [-0.1, -0.05) is 6.92 Å². The van der Waals surface area contributed by atoms with Crippen LogP contribution in [0.1, 0.15) is 18.9 Å². The number of nitrogens with zero attached hydrogens (tertiary/aromatic N) is 2. The topological polar surface area (TPSA) is 105 Å². The molecule has 8 heteroatoms. The number of rotatable bonds is 4. The van der Waals surface area contributed by atoms with Crippen LogP contribution in [-0.2, 0) is 0 Å². The Labute approximate surface area is 107 Å². The zero-order chi connectivity index (χ0) is 14.0. The van der Waals surface area contributed by atoms with Crippen LogP contribution >= 0.6 is 0 Å². The first-order valence-electron chi connectivity index (χ1n) is 5.46. The largest absolute Gasteiger partial charge is 0.454 e. The molecule has 19 heavy (non-hydrogen) atoms. The molecule has 1 aromatic carbocycles. The molecule has 0 unspecified atom stereocenters. The van der Waals surface area contributed by atoms with Crippen molar-refractivity contribution < 1.29 is 19.3 Å². The molecule has 8 nitrogen and oxygen atoms in total. The first kappa shape index (κ1) is 12.8. The number of benzene rings is 1. The lowest BCUT2D eigenvalue weighted by Gasteiger charge is -2.01. The highest BCUT2D eigenvalue weighted by atomic mass is 16.7. The maximum atomic E-state index is 11.0. The molecule has 1 heterocycles. The van der Waals surface area contributed by atoms with Crippen molar-refractivity contribution in [2.24, 2.45) is 0 Å². The molecule has 1 aromatic rings. The molecule has 0 bridgehead atoms. The predicted octanol–water partition coefficient (Wildman–Crippen LogP) is 2.35. The summed E-state index contributed by atoms with van der Waals surface area (Å²) < 4.78 is 10.1. The Morgan fingerprint density at radius 3 is 2.47 bits per heavy atom. The van der Waals surface area contributed by atoms with Gasteiger partial charge in [0.15, 0.2) is 11.5 Å². The number of hydrogen-bond acceptors (Lipinski definition) is 6. The Morgan fingerprint density at radius 1 is 1.32 bits per heavy atom. The molecule has 0 atom stereocenters. The van der Waals surface area contributed by atoms with E-state index in [4.69, 9.17) is 9.47 Å². The van der Waals surface area contributed by atoms with Crippen LogP contribution in [-0.4, -0.2) is 16.6 Å². The summed E-state index contributed by atoms with van der Waals surface area (Å²) in [5, 5.41) is 21.7. The number of fused-ring (bicyclic) bond motifs is 1. The highest BCUT2D eigenvalue weighted by molar-refractivity contribution is 5.67. The van der Waals surface area contributed by atoms with Gasteiger partial charge < -0.3 is 9.47 Å². The van der Waals surface area contributed by atoms with Crippen molar-refractivity contribution in [3.63, 3.8) is 0 Å². The zero-order valence-electron chi connectivity index (χ0n) is 9.99. The minimum atomic E-state index is -0.610. The Bertz CT molecular complexity index is 581. The first-order valence-corrected chi connectivity index (χ1v) is 5.46. The Balaban J connectivity index is 2.55. The fourth-order valence-corrected chi connectivity index (χ4v) is 1.68. The van der Waals surface area contributed by atoms with Gasteiger partial charge in [-0.25, -0.2) is 0 Å². The van der Waals surface area contributed by atoms with Gasteiger partial charge in [0.05, 0.1) is 21.5 Å². The van der Waals surface area contributed by atoms with E-state index in [2.05, 4.69) is 0 Å². The highest BCUT2D eigenvalue weighted by Crippen LogP contribution is 2.38. The Hall–Kier alpha value is -2.64. The number of ether oxygens (including phenoxy) is 2. The molecule has 0 spiro atoms. The molecule has 0 fully saturated rings. The SMILES string of the molecule is CCC(=Cc1cc2c(cc1[N+](=O)[O-])OCO2)[N+](=O)[O-]. The van der Waals surface area contributed by atoms with Gasteiger partial charge in [0, 0.05) is 12.5 Å².